The van der Waals surface area contributed by atoms with Gasteiger partial charge < -0.3 is 10.6 Å². The van der Waals surface area contributed by atoms with Crippen molar-refractivity contribution in [2.75, 3.05) is 11.1 Å². The maximum atomic E-state index is 12.1. The van der Waals surface area contributed by atoms with Crippen LogP contribution in [0.15, 0.2) is 29.4 Å². The highest BCUT2D eigenvalue weighted by Gasteiger charge is 2.11. The van der Waals surface area contributed by atoms with E-state index in [-0.39, 0.29) is 17.9 Å². The van der Waals surface area contributed by atoms with Crippen LogP contribution in [0, 0.1) is 0 Å². The van der Waals surface area contributed by atoms with Gasteiger partial charge in [0.2, 0.25) is 17.0 Å². The molecule has 0 saturated carbocycles. The van der Waals surface area contributed by atoms with Crippen LogP contribution in [0.5, 0.6) is 0 Å². The topological polar surface area (TPSA) is 102 Å². The summed E-state index contributed by atoms with van der Waals surface area (Å²) in [5.41, 5.74) is 1.73. The predicted molar refractivity (Wildman–Crippen MR) is 96.1 cm³/mol. The fourth-order valence-electron chi connectivity index (χ4n) is 2.08. The summed E-state index contributed by atoms with van der Waals surface area (Å²) in [5, 5.41) is 17.6. The predicted octanol–water partition coefficient (Wildman–Crippen LogP) is 1.92. The highest BCUT2D eigenvalue weighted by atomic mass is 32.2. The zero-order chi connectivity index (χ0) is 18.2. The standard InChI is InChI=1S/C16H22N6O2S/c1-4-14(23)18-13-7-5-12(6-8-13)11(2)17-15(24)9-10-25-16-19-20-21-22(16)3/h5-8,11H,4,9-10H2,1-3H3,(H,17,24)(H,18,23). The van der Waals surface area contributed by atoms with Crippen molar-refractivity contribution in [1.82, 2.24) is 25.5 Å². The maximum Gasteiger partial charge on any atom is 0.224 e. The molecule has 0 aliphatic heterocycles. The lowest BCUT2D eigenvalue weighted by Crippen LogP contribution is -2.26. The van der Waals surface area contributed by atoms with E-state index in [0.717, 1.165) is 11.3 Å². The Hall–Kier alpha value is -2.42. The number of aromatic nitrogens is 4. The fourth-order valence-corrected chi connectivity index (χ4v) is 2.87. The van der Waals surface area contributed by atoms with E-state index in [0.29, 0.717) is 23.8 Å². The summed E-state index contributed by atoms with van der Waals surface area (Å²) >= 11 is 1.44. The van der Waals surface area contributed by atoms with E-state index in [1.54, 1.807) is 18.7 Å². The molecular weight excluding hydrogens is 340 g/mol. The van der Waals surface area contributed by atoms with Crippen LogP contribution in [0.4, 0.5) is 5.69 Å². The van der Waals surface area contributed by atoms with Gasteiger partial charge in [-0.3, -0.25) is 9.59 Å². The van der Waals surface area contributed by atoms with E-state index in [4.69, 9.17) is 0 Å². The quantitative estimate of drug-likeness (QED) is 0.696. The molecule has 2 aromatic rings. The molecule has 2 rings (SSSR count). The van der Waals surface area contributed by atoms with E-state index in [9.17, 15) is 9.59 Å². The third kappa shape index (κ3) is 5.86. The number of aryl methyl sites for hydroxylation is 1. The van der Waals surface area contributed by atoms with Crippen LogP contribution in [0.3, 0.4) is 0 Å². The molecule has 134 valence electrons. The Morgan fingerprint density at radius 1 is 1.24 bits per heavy atom. The Labute approximate surface area is 150 Å². The van der Waals surface area contributed by atoms with Crippen molar-refractivity contribution < 1.29 is 9.59 Å². The lowest BCUT2D eigenvalue weighted by molar-refractivity contribution is -0.121. The lowest BCUT2D eigenvalue weighted by Gasteiger charge is -2.15. The normalized spacial score (nSPS) is 11.8. The number of benzene rings is 1. The summed E-state index contributed by atoms with van der Waals surface area (Å²) in [7, 11) is 1.76. The van der Waals surface area contributed by atoms with Gasteiger partial charge in [-0.05, 0) is 35.0 Å². The first-order valence-corrected chi connectivity index (χ1v) is 9.02. The van der Waals surface area contributed by atoms with Crippen molar-refractivity contribution in [3.05, 3.63) is 29.8 Å². The van der Waals surface area contributed by atoms with Crippen LogP contribution in [0.2, 0.25) is 0 Å². The molecule has 1 heterocycles. The first-order chi connectivity index (χ1) is 12.0. The van der Waals surface area contributed by atoms with Crippen LogP contribution in [0.25, 0.3) is 0 Å². The van der Waals surface area contributed by atoms with Gasteiger partial charge in [0.15, 0.2) is 0 Å². The van der Waals surface area contributed by atoms with Crippen LogP contribution in [0.1, 0.15) is 38.3 Å². The Bertz CT molecular complexity index is 716. The maximum absolute atomic E-state index is 12.1. The zero-order valence-electron chi connectivity index (χ0n) is 14.5. The number of thioether (sulfide) groups is 1. The molecule has 2 amide bonds. The van der Waals surface area contributed by atoms with Gasteiger partial charge in [-0.15, -0.1) is 5.10 Å². The molecule has 0 bridgehead atoms. The Morgan fingerprint density at radius 3 is 2.56 bits per heavy atom. The van der Waals surface area contributed by atoms with E-state index in [2.05, 4.69) is 26.2 Å². The molecule has 2 N–H and O–H groups in total. The summed E-state index contributed by atoms with van der Waals surface area (Å²) in [6, 6.07) is 7.36. The van der Waals surface area contributed by atoms with Gasteiger partial charge in [-0.1, -0.05) is 30.8 Å². The second kappa shape index (κ2) is 9.16. The number of hydrogen-bond acceptors (Lipinski definition) is 6. The molecule has 25 heavy (non-hydrogen) atoms. The van der Waals surface area contributed by atoms with Gasteiger partial charge in [0.05, 0.1) is 6.04 Å². The van der Waals surface area contributed by atoms with Crippen molar-refractivity contribution >= 4 is 29.3 Å². The van der Waals surface area contributed by atoms with Crippen LogP contribution in [-0.2, 0) is 16.6 Å². The van der Waals surface area contributed by atoms with E-state index >= 15 is 0 Å². The molecular formula is C16H22N6O2S. The molecule has 0 aliphatic rings. The first kappa shape index (κ1) is 18.9. The summed E-state index contributed by atoms with van der Waals surface area (Å²) in [4.78, 5) is 23.4. The number of nitrogens with one attached hydrogen (secondary N) is 2. The Morgan fingerprint density at radius 2 is 1.96 bits per heavy atom. The molecule has 1 atom stereocenters. The SMILES string of the molecule is CCC(=O)Nc1ccc(C(C)NC(=O)CCSc2nnnn2C)cc1. The van der Waals surface area contributed by atoms with Crippen molar-refractivity contribution in [2.24, 2.45) is 7.05 Å². The number of tetrazole rings is 1. The van der Waals surface area contributed by atoms with Crippen molar-refractivity contribution in [1.29, 1.82) is 0 Å². The van der Waals surface area contributed by atoms with Crippen LogP contribution in [-0.4, -0.2) is 37.8 Å². The van der Waals surface area contributed by atoms with E-state index < -0.39 is 0 Å². The number of anilines is 1. The van der Waals surface area contributed by atoms with Gasteiger partial charge in [0, 0.05) is 31.3 Å². The molecule has 0 radical (unpaired) electrons. The molecule has 1 aromatic carbocycles. The summed E-state index contributed by atoms with van der Waals surface area (Å²) in [5.74, 6) is 0.553. The minimum Gasteiger partial charge on any atom is -0.350 e. The average molecular weight is 362 g/mol. The van der Waals surface area contributed by atoms with Gasteiger partial charge in [-0.2, -0.15) is 0 Å². The second-order valence-electron chi connectivity index (χ2n) is 5.50. The fraction of sp³-hybridized carbons (Fsp3) is 0.438. The first-order valence-electron chi connectivity index (χ1n) is 8.04. The number of amides is 2. The van der Waals surface area contributed by atoms with Crippen LogP contribution >= 0.6 is 11.8 Å². The highest BCUT2D eigenvalue weighted by molar-refractivity contribution is 7.99. The molecule has 8 nitrogen and oxygen atoms in total. The molecule has 0 fully saturated rings. The molecule has 0 spiro atoms. The third-order valence-corrected chi connectivity index (χ3v) is 4.55. The number of hydrogen-bond donors (Lipinski definition) is 2. The molecule has 1 aromatic heterocycles. The lowest BCUT2D eigenvalue weighted by atomic mass is 10.1. The van der Waals surface area contributed by atoms with Crippen molar-refractivity contribution in [2.45, 2.75) is 37.9 Å². The molecule has 0 saturated heterocycles. The number of carbonyl (C=O) groups is 2. The second-order valence-corrected chi connectivity index (χ2v) is 6.56. The molecule has 9 heteroatoms. The monoisotopic (exact) mass is 362 g/mol. The third-order valence-electron chi connectivity index (χ3n) is 3.53. The van der Waals surface area contributed by atoms with E-state index in [1.807, 2.05) is 31.2 Å². The largest absolute Gasteiger partial charge is 0.350 e. The average Bonchev–Trinajstić information content (AvgIpc) is 3.00. The van der Waals surface area contributed by atoms with Crippen molar-refractivity contribution in [3.8, 4) is 0 Å². The Balaban J connectivity index is 1.78. The van der Waals surface area contributed by atoms with E-state index in [1.165, 1.54) is 11.8 Å². The minimum absolute atomic E-state index is 0.0234. The smallest absolute Gasteiger partial charge is 0.224 e. The van der Waals surface area contributed by atoms with Gasteiger partial charge >= 0.3 is 0 Å². The number of nitrogens with zero attached hydrogens (tertiary/aromatic N) is 4. The molecule has 0 aliphatic carbocycles. The number of carbonyl (C=O) groups excluding carboxylic acids is 2. The Kier molecular flexibility index (Phi) is 6.93. The summed E-state index contributed by atoms with van der Waals surface area (Å²) in [6.45, 7) is 3.73. The summed E-state index contributed by atoms with van der Waals surface area (Å²) < 4.78 is 1.57. The number of rotatable bonds is 8. The van der Waals surface area contributed by atoms with Crippen LogP contribution < -0.4 is 10.6 Å². The molecule has 1 unspecified atom stereocenters. The highest BCUT2D eigenvalue weighted by Crippen LogP contribution is 2.17. The van der Waals surface area contributed by atoms with Gasteiger partial charge in [0.1, 0.15) is 0 Å². The summed E-state index contributed by atoms with van der Waals surface area (Å²) in [6.07, 6.45) is 0.823. The van der Waals surface area contributed by atoms with Gasteiger partial charge in [-0.25, -0.2) is 4.68 Å². The van der Waals surface area contributed by atoms with Gasteiger partial charge in [0.25, 0.3) is 0 Å². The minimum atomic E-state index is -0.107. The zero-order valence-corrected chi connectivity index (χ0v) is 15.3. The van der Waals surface area contributed by atoms with Crippen molar-refractivity contribution in [3.63, 3.8) is 0 Å².